The van der Waals surface area contributed by atoms with E-state index in [1.54, 1.807) is 24.5 Å². The number of hydrogen-bond donors (Lipinski definition) is 4. The molecule has 0 spiro atoms. The van der Waals surface area contributed by atoms with Gasteiger partial charge in [0.25, 0.3) is 0 Å². The van der Waals surface area contributed by atoms with E-state index >= 15 is 0 Å². The van der Waals surface area contributed by atoms with Crippen LogP contribution < -0.4 is 25.2 Å². The average Bonchev–Trinajstić information content (AvgIpc) is 3.07. The molecule has 4 N–H and O–H groups in total. The fourth-order valence-electron chi connectivity index (χ4n) is 4.50. The van der Waals surface area contributed by atoms with Gasteiger partial charge in [0.05, 0.1) is 39.0 Å². The molecule has 13 nitrogen and oxygen atoms in total. The van der Waals surface area contributed by atoms with Gasteiger partial charge in [0, 0.05) is 32.7 Å². The highest BCUT2D eigenvalue weighted by Gasteiger charge is 2.17. The second-order valence-corrected chi connectivity index (χ2v) is 9.54. The van der Waals surface area contributed by atoms with Crippen molar-refractivity contribution < 1.29 is 24.4 Å². The highest BCUT2D eigenvalue weighted by molar-refractivity contribution is 5.84. The van der Waals surface area contributed by atoms with Crippen molar-refractivity contribution in [1.29, 1.82) is 0 Å². The molecule has 4 aromatic carbocycles. The van der Waals surface area contributed by atoms with Gasteiger partial charge in [-0.2, -0.15) is 20.4 Å². The average molecular weight is 603 g/mol. The lowest BCUT2D eigenvalue weighted by atomic mass is 10.1. The Kier molecular flexibility index (Phi) is 8.13. The molecule has 0 radical (unpaired) electrons. The van der Waals surface area contributed by atoms with Gasteiger partial charge in [0.1, 0.15) is 0 Å². The maximum atomic E-state index is 10.8. The van der Waals surface area contributed by atoms with Gasteiger partial charge in [0.15, 0.2) is 34.0 Å². The monoisotopic (exact) mass is 602 g/mol. The summed E-state index contributed by atoms with van der Waals surface area (Å²) in [5.74, 6) is -0.358. The van der Waals surface area contributed by atoms with Crippen LogP contribution in [0.3, 0.4) is 0 Å². The molecular weight excluding hydrogens is 576 g/mol. The highest BCUT2D eigenvalue weighted by Crippen LogP contribution is 2.44. The van der Waals surface area contributed by atoms with Gasteiger partial charge in [-0.1, -0.05) is 48.5 Å². The molecule has 224 valence electrons. The lowest BCUT2D eigenvalue weighted by Gasteiger charge is -2.14. The number of phenols is 2. The zero-order valence-corrected chi connectivity index (χ0v) is 24.0. The van der Waals surface area contributed by atoms with Crippen molar-refractivity contribution in [3.8, 4) is 34.5 Å². The van der Waals surface area contributed by atoms with Gasteiger partial charge in [-0.05, 0) is 24.3 Å². The number of benzene rings is 4. The standard InChI is InChI=1S/C32H26N8O5/c1-43-25-11-19(15-33-37-31-23-9-5-3-7-21(23)17-35-39-31)13-27(29(25)41)45-28-14-20(12-26(44-2)30(28)42)16-34-38-32-24-10-6-4-8-22(24)18-36-40-32/h3-18,41-42H,1-2H3,(H,37,39)(H,38,40)/b33-15+,34-16+. The van der Waals surface area contributed by atoms with Crippen LogP contribution in [0.2, 0.25) is 0 Å². The number of aromatic hydroxyl groups is 2. The summed E-state index contributed by atoms with van der Waals surface area (Å²) in [7, 11) is 2.82. The van der Waals surface area contributed by atoms with E-state index < -0.39 is 0 Å². The Labute approximate surface area is 255 Å². The number of nitrogens with zero attached hydrogens (tertiary/aromatic N) is 6. The van der Waals surface area contributed by atoms with Crippen LogP contribution in [-0.4, -0.2) is 57.3 Å². The second kappa shape index (κ2) is 12.8. The Morgan fingerprint density at radius 2 is 1.04 bits per heavy atom. The Morgan fingerprint density at radius 1 is 0.622 bits per heavy atom. The molecule has 0 fully saturated rings. The first-order valence-corrected chi connectivity index (χ1v) is 13.5. The third-order valence-corrected chi connectivity index (χ3v) is 6.69. The van der Waals surface area contributed by atoms with Crippen LogP contribution >= 0.6 is 0 Å². The number of fused-ring (bicyclic) bond motifs is 2. The zero-order chi connectivity index (χ0) is 31.2. The molecule has 0 atom stereocenters. The van der Waals surface area contributed by atoms with E-state index in [9.17, 15) is 10.2 Å². The molecule has 2 heterocycles. The molecule has 0 aliphatic carbocycles. The smallest absolute Gasteiger partial charge is 0.201 e. The molecule has 0 saturated carbocycles. The number of hydrogen-bond acceptors (Lipinski definition) is 11. The van der Waals surface area contributed by atoms with E-state index in [1.807, 2.05) is 48.5 Å². The van der Waals surface area contributed by atoms with Gasteiger partial charge >= 0.3 is 0 Å². The molecule has 6 aromatic rings. The molecule has 13 heteroatoms. The number of ether oxygens (including phenoxy) is 3. The number of aromatic nitrogens is 4. The third kappa shape index (κ3) is 6.17. The van der Waals surface area contributed by atoms with E-state index in [4.69, 9.17) is 14.2 Å². The Hall–Kier alpha value is -6.50. The second-order valence-electron chi connectivity index (χ2n) is 9.54. The Morgan fingerprint density at radius 3 is 1.49 bits per heavy atom. The summed E-state index contributed by atoms with van der Waals surface area (Å²) in [5, 5.41) is 56.0. The van der Waals surface area contributed by atoms with Crippen molar-refractivity contribution >= 4 is 34.0 Å². The molecule has 0 aliphatic rings. The van der Waals surface area contributed by atoms with Crippen LogP contribution in [0, 0.1) is 0 Å². The summed E-state index contributed by atoms with van der Waals surface area (Å²) >= 11 is 0. The summed E-state index contributed by atoms with van der Waals surface area (Å²) in [4.78, 5) is 0. The fourth-order valence-corrected chi connectivity index (χ4v) is 4.50. The molecule has 0 aliphatic heterocycles. The van der Waals surface area contributed by atoms with Gasteiger partial charge in [-0.15, -0.1) is 10.2 Å². The quantitative estimate of drug-likeness (QED) is 0.146. The van der Waals surface area contributed by atoms with Gasteiger partial charge < -0.3 is 24.4 Å². The van der Waals surface area contributed by atoms with Crippen LogP contribution in [0.15, 0.2) is 106 Å². The molecule has 2 aromatic heterocycles. The predicted octanol–water partition coefficient (Wildman–Crippen LogP) is 4.53. The highest BCUT2D eigenvalue weighted by atomic mass is 16.5. The summed E-state index contributed by atoms with van der Waals surface area (Å²) < 4.78 is 16.7. The van der Waals surface area contributed by atoms with Gasteiger partial charge in [0.2, 0.25) is 11.5 Å². The van der Waals surface area contributed by atoms with Crippen molar-refractivity contribution in [2.24, 2.45) is 20.4 Å². The summed E-state index contributed by atoms with van der Waals surface area (Å²) in [6.45, 7) is 0. The Balaban J connectivity index is 1.32. The van der Waals surface area contributed by atoms with E-state index in [1.165, 1.54) is 38.8 Å². The lowest BCUT2D eigenvalue weighted by molar-refractivity contribution is 0.337. The van der Waals surface area contributed by atoms with Gasteiger partial charge in [-0.3, -0.25) is 10.2 Å². The molecule has 6 rings (SSSR count). The molecule has 0 amide bonds. The number of nitrogens with one attached hydrogen (secondary N) is 2. The topological polar surface area (TPSA) is 175 Å². The number of aromatic amines is 2. The minimum atomic E-state index is -0.287. The number of H-pyrrole nitrogens is 2. The van der Waals surface area contributed by atoms with E-state index in [0.29, 0.717) is 22.1 Å². The molecule has 0 saturated heterocycles. The van der Waals surface area contributed by atoms with E-state index in [-0.39, 0.29) is 34.5 Å². The minimum Gasteiger partial charge on any atom is -0.502 e. The maximum absolute atomic E-state index is 10.8. The van der Waals surface area contributed by atoms with E-state index in [2.05, 4.69) is 40.8 Å². The maximum Gasteiger partial charge on any atom is 0.201 e. The summed E-state index contributed by atoms with van der Waals surface area (Å²) in [5.41, 5.74) is 1.95. The number of rotatable bonds is 8. The predicted molar refractivity (Wildman–Crippen MR) is 168 cm³/mol. The van der Waals surface area contributed by atoms with Crippen LogP contribution in [0.25, 0.3) is 21.5 Å². The number of phenolic OH excluding ortho intramolecular Hbond substituents is 2. The van der Waals surface area contributed by atoms with Crippen LogP contribution in [0.4, 0.5) is 0 Å². The van der Waals surface area contributed by atoms with Crippen molar-refractivity contribution in [2.45, 2.75) is 0 Å². The van der Waals surface area contributed by atoms with E-state index in [0.717, 1.165) is 21.5 Å². The number of methoxy groups -OCH3 is 2. The lowest BCUT2D eigenvalue weighted by Crippen LogP contribution is -2.09. The van der Waals surface area contributed by atoms with Crippen molar-refractivity contribution in [2.75, 3.05) is 14.2 Å². The van der Waals surface area contributed by atoms with Crippen molar-refractivity contribution in [3.63, 3.8) is 0 Å². The molecule has 45 heavy (non-hydrogen) atoms. The van der Waals surface area contributed by atoms with Crippen molar-refractivity contribution in [1.82, 2.24) is 20.4 Å². The Bertz CT molecular complexity index is 2060. The van der Waals surface area contributed by atoms with Crippen LogP contribution in [0.5, 0.6) is 34.5 Å². The SMILES string of the molecule is COc1cc(/C=N/N=c2/[nH]ncc3ccccc23)cc(Oc2cc(/C=N/N=c3/[nH]ncc4ccccc34)cc(OC)c2O)c1O. The minimum absolute atomic E-state index is 0.0123. The molecular formula is C32H26N8O5. The summed E-state index contributed by atoms with van der Waals surface area (Å²) in [6, 6.07) is 21.5. The first kappa shape index (κ1) is 28.6. The summed E-state index contributed by atoms with van der Waals surface area (Å²) in [6.07, 6.45) is 6.34. The third-order valence-electron chi connectivity index (χ3n) is 6.69. The normalized spacial score (nSPS) is 12.5. The van der Waals surface area contributed by atoms with Crippen LogP contribution in [0.1, 0.15) is 11.1 Å². The molecule has 0 unspecified atom stereocenters. The molecule has 0 bridgehead atoms. The van der Waals surface area contributed by atoms with Gasteiger partial charge in [-0.25, -0.2) is 0 Å². The van der Waals surface area contributed by atoms with Crippen molar-refractivity contribution in [3.05, 3.63) is 107 Å². The largest absolute Gasteiger partial charge is 0.502 e. The zero-order valence-electron chi connectivity index (χ0n) is 24.0. The first-order valence-electron chi connectivity index (χ1n) is 13.5. The fraction of sp³-hybridized carbons (Fsp3) is 0.0625. The first-order chi connectivity index (χ1) is 22.0. The van der Waals surface area contributed by atoms with Crippen LogP contribution in [-0.2, 0) is 0 Å².